The summed E-state index contributed by atoms with van der Waals surface area (Å²) >= 11 is 5.22. The molecule has 0 aromatic rings. The smallest absolute Gasteiger partial charge is 0.411 e. The fraction of sp³-hybridized carbons (Fsp3) is 0.750. The largest absolute Gasteiger partial charge is 0.433 e. The predicted molar refractivity (Wildman–Crippen MR) is 52.8 cm³/mol. The van der Waals surface area contributed by atoms with Crippen LogP contribution in [0, 0.1) is 5.92 Å². The van der Waals surface area contributed by atoms with Crippen LogP contribution in [0.1, 0.15) is 13.8 Å². The highest BCUT2D eigenvalue weighted by molar-refractivity contribution is 6.17. The van der Waals surface area contributed by atoms with Crippen LogP contribution in [-0.2, 0) is 9.53 Å². The molecule has 0 aromatic carbocycles. The number of ether oxygens (including phenoxy) is 1. The van der Waals surface area contributed by atoms with Crippen molar-refractivity contribution < 1.29 is 14.3 Å². The van der Waals surface area contributed by atoms with Crippen LogP contribution in [-0.4, -0.2) is 36.1 Å². The highest BCUT2D eigenvalue weighted by atomic mass is 35.5. The third-order valence-electron chi connectivity index (χ3n) is 1.81. The van der Waals surface area contributed by atoms with E-state index in [0.717, 1.165) is 4.90 Å². The monoisotopic (exact) mass is 222 g/mol. The van der Waals surface area contributed by atoms with Gasteiger partial charge in [0.05, 0.1) is 0 Å². The maximum Gasteiger partial charge on any atom is 0.411 e. The molecular weight excluding hydrogens is 208 g/mol. The molecule has 2 amide bonds. The molecule has 0 saturated carbocycles. The Hall–Kier alpha value is -0.970. The van der Waals surface area contributed by atoms with Crippen LogP contribution < -0.4 is 5.73 Å². The molecule has 0 rings (SSSR count). The lowest BCUT2D eigenvalue weighted by Gasteiger charge is -2.27. The number of carbonyl (C=O) groups is 2. The zero-order valence-corrected chi connectivity index (χ0v) is 9.25. The van der Waals surface area contributed by atoms with Crippen LogP contribution >= 0.6 is 11.6 Å². The van der Waals surface area contributed by atoms with Gasteiger partial charge in [-0.05, 0) is 5.92 Å². The zero-order chi connectivity index (χ0) is 11.3. The van der Waals surface area contributed by atoms with Gasteiger partial charge in [-0.3, -0.25) is 9.69 Å². The van der Waals surface area contributed by atoms with Gasteiger partial charge in [0.15, 0.2) is 6.07 Å². The first-order valence-electron chi connectivity index (χ1n) is 4.16. The quantitative estimate of drug-likeness (QED) is 0.714. The van der Waals surface area contributed by atoms with Crippen molar-refractivity contribution in [3.63, 3.8) is 0 Å². The third-order valence-corrected chi connectivity index (χ3v) is 1.92. The van der Waals surface area contributed by atoms with Gasteiger partial charge in [-0.1, -0.05) is 25.4 Å². The molecule has 0 bridgehead atoms. The van der Waals surface area contributed by atoms with Crippen molar-refractivity contribution in [2.24, 2.45) is 11.7 Å². The van der Waals surface area contributed by atoms with E-state index in [9.17, 15) is 9.59 Å². The number of nitrogens with zero attached hydrogens (tertiary/aromatic N) is 1. The van der Waals surface area contributed by atoms with Crippen molar-refractivity contribution in [3.05, 3.63) is 0 Å². The Balaban J connectivity index is 4.51. The number of hydrogen-bond donors (Lipinski definition) is 1. The molecule has 1 atom stereocenters. The van der Waals surface area contributed by atoms with Gasteiger partial charge in [-0.15, -0.1) is 0 Å². The summed E-state index contributed by atoms with van der Waals surface area (Å²) in [7, 11) is 1.45. The topological polar surface area (TPSA) is 72.6 Å². The van der Waals surface area contributed by atoms with E-state index < -0.39 is 18.0 Å². The fourth-order valence-electron chi connectivity index (χ4n) is 1.23. The van der Waals surface area contributed by atoms with E-state index in [0.29, 0.717) is 0 Å². The van der Waals surface area contributed by atoms with Crippen molar-refractivity contribution >= 4 is 23.6 Å². The normalized spacial score (nSPS) is 12.4. The van der Waals surface area contributed by atoms with E-state index in [1.165, 1.54) is 7.05 Å². The van der Waals surface area contributed by atoms with Crippen molar-refractivity contribution in [3.8, 4) is 0 Å². The molecule has 5 nitrogen and oxygen atoms in total. The Morgan fingerprint density at radius 3 is 2.29 bits per heavy atom. The molecule has 0 aliphatic heterocycles. The lowest BCUT2D eigenvalue weighted by atomic mass is 10.0. The van der Waals surface area contributed by atoms with E-state index in [4.69, 9.17) is 17.3 Å². The number of hydrogen-bond acceptors (Lipinski definition) is 3. The Kier molecular flexibility index (Phi) is 5.30. The predicted octanol–water partition coefficient (Wildman–Crippen LogP) is 0.761. The van der Waals surface area contributed by atoms with Crippen LogP contribution in [0.2, 0.25) is 0 Å². The van der Waals surface area contributed by atoms with Crippen LogP contribution in [0.15, 0.2) is 0 Å². The zero-order valence-electron chi connectivity index (χ0n) is 8.49. The van der Waals surface area contributed by atoms with Crippen molar-refractivity contribution in [2.75, 3.05) is 13.1 Å². The Morgan fingerprint density at radius 1 is 1.50 bits per heavy atom. The molecule has 14 heavy (non-hydrogen) atoms. The Morgan fingerprint density at radius 2 is 2.00 bits per heavy atom. The summed E-state index contributed by atoms with van der Waals surface area (Å²) in [6.07, 6.45) is -0.655. The second-order valence-corrected chi connectivity index (χ2v) is 3.44. The lowest BCUT2D eigenvalue weighted by molar-refractivity contribution is -0.123. The minimum atomic E-state index is -0.675. The summed E-state index contributed by atoms with van der Waals surface area (Å²) in [5.41, 5.74) is 5.15. The molecule has 0 fully saturated rings. The van der Waals surface area contributed by atoms with Crippen LogP contribution in [0.4, 0.5) is 4.79 Å². The fourth-order valence-corrected chi connectivity index (χ4v) is 1.32. The molecule has 0 aromatic heterocycles. The van der Waals surface area contributed by atoms with E-state index in [2.05, 4.69) is 4.74 Å². The van der Waals surface area contributed by atoms with Gasteiger partial charge in [-0.2, -0.15) is 0 Å². The maximum atomic E-state index is 11.2. The lowest BCUT2D eigenvalue weighted by Crippen LogP contribution is -2.48. The van der Waals surface area contributed by atoms with Gasteiger partial charge in [0.2, 0.25) is 5.91 Å². The molecule has 82 valence electrons. The van der Waals surface area contributed by atoms with E-state index >= 15 is 0 Å². The summed E-state index contributed by atoms with van der Waals surface area (Å²) in [6, 6.07) is -0.919. The average molecular weight is 223 g/mol. The van der Waals surface area contributed by atoms with Gasteiger partial charge in [0.25, 0.3) is 0 Å². The van der Waals surface area contributed by atoms with Gasteiger partial charge < -0.3 is 10.5 Å². The number of alkyl halides is 1. The Labute approximate surface area is 88.1 Å². The number of primary amides is 1. The van der Waals surface area contributed by atoms with Crippen LogP contribution in [0.3, 0.4) is 0 Å². The SMILES string of the molecule is CC(C)C(C(N)=O)N(C)C(=O)OCCl. The molecule has 1 unspecified atom stereocenters. The standard InChI is InChI=1S/C8H15ClN2O3/c1-5(2)6(7(10)12)11(3)8(13)14-4-9/h5-6H,4H2,1-3H3,(H2,10,12). The second-order valence-electron chi connectivity index (χ2n) is 3.22. The number of likely N-dealkylation sites (N-methyl/N-ethyl adjacent to an activating group) is 1. The molecule has 0 heterocycles. The minimum Gasteiger partial charge on any atom is -0.433 e. The highest BCUT2D eigenvalue weighted by Crippen LogP contribution is 2.09. The first kappa shape index (κ1) is 13.0. The molecule has 2 N–H and O–H groups in total. The van der Waals surface area contributed by atoms with Crippen molar-refractivity contribution in [1.29, 1.82) is 0 Å². The Bertz CT molecular complexity index is 221. The second kappa shape index (κ2) is 5.70. The summed E-state index contributed by atoms with van der Waals surface area (Å²) in [5, 5.41) is 0. The van der Waals surface area contributed by atoms with E-state index in [1.807, 2.05) is 0 Å². The third kappa shape index (κ3) is 3.41. The summed E-state index contributed by atoms with van der Waals surface area (Å²) in [6.45, 7) is 3.58. The van der Waals surface area contributed by atoms with Gasteiger partial charge in [-0.25, -0.2) is 4.79 Å². The summed E-state index contributed by atoms with van der Waals surface area (Å²) in [4.78, 5) is 23.4. The molecule has 0 radical (unpaired) electrons. The van der Waals surface area contributed by atoms with E-state index in [-0.39, 0.29) is 12.0 Å². The van der Waals surface area contributed by atoms with Crippen molar-refractivity contribution in [2.45, 2.75) is 19.9 Å². The molecular formula is C8H15ClN2O3. The highest BCUT2D eigenvalue weighted by Gasteiger charge is 2.28. The average Bonchev–Trinajstić information content (AvgIpc) is 2.03. The molecule has 0 spiro atoms. The van der Waals surface area contributed by atoms with Gasteiger partial charge in [0, 0.05) is 7.05 Å². The number of halogens is 1. The first-order valence-corrected chi connectivity index (χ1v) is 4.70. The molecule has 0 saturated heterocycles. The summed E-state index contributed by atoms with van der Waals surface area (Å²) < 4.78 is 4.53. The first-order chi connectivity index (χ1) is 6.41. The maximum absolute atomic E-state index is 11.2. The van der Waals surface area contributed by atoms with E-state index in [1.54, 1.807) is 13.8 Å². The molecule has 6 heteroatoms. The number of amides is 2. The summed E-state index contributed by atoms with van der Waals surface area (Å²) in [5.74, 6) is -0.630. The van der Waals surface area contributed by atoms with Gasteiger partial charge in [0.1, 0.15) is 6.04 Å². The number of nitrogens with two attached hydrogens (primary N) is 1. The number of carbonyl (C=O) groups excluding carboxylic acids is 2. The van der Waals surface area contributed by atoms with Crippen molar-refractivity contribution in [1.82, 2.24) is 4.90 Å². The van der Waals surface area contributed by atoms with Crippen LogP contribution in [0.5, 0.6) is 0 Å². The molecule has 0 aliphatic carbocycles. The van der Waals surface area contributed by atoms with Crippen LogP contribution in [0.25, 0.3) is 0 Å². The number of rotatable bonds is 4. The molecule has 0 aliphatic rings. The van der Waals surface area contributed by atoms with Gasteiger partial charge >= 0.3 is 6.09 Å². The minimum absolute atomic E-state index is 0.0691.